The maximum atomic E-state index is 15.5. The summed E-state index contributed by atoms with van der Waals surface area (Å²) in [7, 11) is 5.10. The number of nitrogens with one attached hydrogen (secondary N) is 26. The molecule has 0 aromatic carbocycles. The van der Waals surface area contributed by atoms with Crippen LogP contribution in [-0.2, 0) is 86.3 Å². The maximum absolute atomic E-state index is 15.5. The highest BCUT2D eigenvalue weighted by Crippen LogP contribution is 2.28. The average Bonchev–Trinajstić information content (AvgIpc) is 0.849. The minimum atomic E-state index is -1.75. The van der Waals surface area contributed by atoms with E-state index in [1.807, 2.05) is 0 Å². The lowest BCUT2D eigenvalue weighted by molar-refractivity contribution is -0.136. The Morgan fingerprint density at radius 2 is 0.469 bits per heavy atom. The zero-order valence-electron chi connectivity index (χ0n) is 72.9. The third-order valence-corrected chi connectivity index (χ3v) is 28.1. The van der Waals surface area contributed by atoms with Crippen LogP contribution in [0.25, 0.3) is 0 Å². The molecule has 18 amide bonds. The molecular weight excluding hydrogens is 1790 g/mol. The maximum Gasteiger partial charge on any atom is 0.244 e. The van der Waals surface area contributed by atoms with E-state index in [1.165, 1.54) is 0 Å². The number of carbonyl (C=O) groups is 18. The summed E-state index contributed by atoms with van der Waals surface area (Å²) >= 11 is 0. The first kappa shape index (κ1) is 110. The molecule has 4 fully saturated rings. The van der Waals surface area contributed by atoms with Crippen LogP contribution in [0.15, 0.2) is 0 Å². The van der Waals surface area contributed by atoms with Crippen LogP contribution < -0.4 is 140 Å². The van der Waals surface area contributed by atoms with Gasteiger partial charge in [-0.2, -0.15) is 0 Å². The molecule has 4 rings (SSSR count). The van der Waals surface area contributed by atoms with Gasteiger partial charge in [0.1, 0.15) is 84.6 Å². The third-order valence-electron chi connectivity index (χ3n) is 20.9. The largest absolute Gasteiger partial charge is 0.370 e. The first-order valence-electron chi connectivity index (χ1n) is 42.1. The lowest BCUT2D eigenvalue weighted by Gasteiger charge is -2.30. The van der Waals surface area contributed by atoms with Gasteiger partial charge in [-0.15, -0.1) is 0 Å². The van der Waals surface area contributed by atoms with Gasteiger partial charge in [-0.05, 0) is 75.0 Å². The highest BCUT2D eigenvalue weighted by molar-refractivity contribution is 8.77. The zero-order chi connectivity index (χ0) is 95.3. The summed E-state index contributed by atoms with van der Waals surface area (Å²) in [6.45, 7) is 9.97. The standard InChI is InChI=1S/C74H128N30O18S6/c1-9-35(5)53-67(119)99-45-31-125-123-29-43(59(111)89-25-49(105)91-39(17-13-21-83-71(75)76)57(109)87-27-51(107)101-53)97-69(121)55(37(7)11-3)104-66(118)48-34-128-127-33-47(95-61(113)41(93-63(45)115)19-15-23-85-73(79)80)65(117)103-56(38(8)12-4)70(122)98-44-30-124-126-32-46(64(116)94-42(62(114)96-48)20-16-24-86-74(81)82)100-68(120)54(36(6)10-2)102-52(108)28-88-58(110)40(18-14-22-84-72(77)78)92-50(106)26-90-60(44)112/h35-48,53-56H,9-34H2,1-8H3,(H,87,109)(H,88,110)(H,89,111)(H,90,112)(H,91,105)(H,92,106)(H,93,115)(H,94,116)(H,95,113)(H,96,114)(H,97,121)(H,98,122)(H,99,119)(H,100,120)(H,101,107)(H,102,108)(H,103,117)(H,104,118)(H4,75,76,83)(H4,77,78,84)(H4,79,80,85)(H4,81,82,86). The summed E-state index contributed by atoms with van der Waals surface area (Å²) in [6.07, 6.45) is 0.130. The van der Waals surface area contributed by atoms with Crippen molar-refractivity contribution < 1.29 is 86.3 Å². The Morgan fingerprint density at radius 3 is 0.703 bits per heavy atom. The lowest BCUT2D eigenvalue weighted by atomic mass is 9.97. The Hall–Kier alpha value is -10.4. The molecule has 34 N–H and O–H groups in total. The molecule has 4 saturated heterocycles. The van der Waals surface area contributed by atoms with Gasteiger partial charge >= 0.3 is 0 Å². The molecule has 4 aliphatic rings. The van der Waals surface area contributed by atoms with Crippen molar-refractivity contribution in [1.82, 2.24) is 117 Å². The lowest BCUT2D eigenvalue weighted by Crippen LogP contribution is -2.62. The number of fused-ring (bicyclic) bond motifs is 15. The number of hydrogen-bond acceptors (Lipinski definition) is 28. The van der Waals surface area contributed by atoms with E-state index >= 15 is 38.4 Å². The molecule has 4 heterocycles. The van der Waals surface area contributed by atoms with Crippen molar-refractivity contribution in [2.75, 3.05) is 86.9 Å². The number of nitrogens with two attached hydrogens (primary N) is 4. The van der Waals surface area contributed by atoms with Crippen molar-refractivity contribution in [3.63, 3.8) is 0 Å². The number of amides is 18. The Kier molecular flexibility index (Phi) is 50.0. The zero-order valence-corrected chi connectivity index (χ0v) is 77.8. The smallest absolute Gasteiger partial charge is 0.244 e. The number of rotatable bonds is 24. The Bertz CT molecular complexity index is 3670. The van der Waals surface area contributed by atoms with Crippen molar-refractivity contribution in [1.29, 1.82) is 21.6 Å². The molecule has 718 valence electrons. The normalized spacial score (nSPS) is 26.7. The van der Waals surface area contributed by atoms with E-state index in [-0.39, 0.29) is 103 Å². The summed E-state index contributed by atoms with van der Waals surface area (Å²) in [4.78, 5) is 265. The van der Waals surface area contributed by atoms with Crippen LogP contribution in [0, 0.1) is 45.3 Å². The second-order valence-corrected chi connectivity index (χ2v) is 38.5. The Labute approximate surface area is 765 Å². The van der Waals surface area contributed by atoms with Gasteiger partial charge in [0.05, 0.1) is 26.2 Å². The molecule has 0 aromatic heterocycles. The first-order valence-corrected chi connectivity index (χ1v) is 49.5. The topological polar surface area (TPSA) is 771 Å². The van der Waals surface area contributed by atoms with E-state index in [0.29, 0.717) is 0 Å². The third kappa shape index (κ3) is 40.1. The first-order chi connectivity index (χ1) is 60.7. The molecule has 4 aliphatic heterocycles. The molecule has 0 aliphatic carbocycles. The fourth-order valence-corrected chi connectivity index (χ4v) is 19.5. The fourth-order valence-electron chi connectivity index (χ4n) is 12.5. The SMILES string of the molecule is CCC(C)C1NC(=O)CNC(=O)C(CCCNC(=N)N)NC(=O)CNC(=O)C2CSSCC(NC1=O)C(=O)NC(CCCNC(=N)N)C(=O)NC1CSSCC(NC(=O)C(CCCNC(=N)N)NC(=O)C3CSSCC(NC(=O)C(C(C)CC)NC1=O)C(=O)NCC(=O)NC(CCCNC(=N)N)C(=O)NCC(=O)NC(C(C)CC)C(=O)N3)C(=O)NC(C(C)CC)C(=O)N2. The fraction of sp³-hybridized carbons (Fsp3) is 0.703. The van der Waals surface area contributed by atoms with E-state index < -0.39 is 299 Å². The summed E-state index contributed by atoms with van der Waals surface area (Å²) in [5, 5.41) is 88.4. The van der Waals surface area contributed by atoms with Gasteiger partial charge in [-0.25, -0.2) is 0 Å². The van der Waals surface area contributed by atoms with Crippen LogP contribution in [0.2, 0.25) is 0 Å². The predicted octanol–water partition coefficient (Wildman–Crippen LogP) is -8.33. The van der Waals surface area contributed by atoms with Crippen LogP contribution in [0.3, 0.4) is 0 Å². The quantitative estimate of drug-likeness (QED) is 0.0185. The second-order valence-electron chi connectivity index (χ2n) is 30.8. The highest BCUT2D eigenvalue weighted by atomic mass is 33.1. The van der Waals surface area contributed by atoms with E-state index in [9.17, 15) is 47.9 Å². The highest BCUT2D eigenvalue weighted by Gasteiger charge is 2.41. The summed E-state index contributed by atoms with van der Waals surface area (Å²) < 4.78 is 0. The van der Waals surface area contributed by atoms with Crippen LogP contribution in [-0.4, -0.2) is 302 Å². The van der Waals surface area contributed by atoms with Crippen LogP contribution >= 0.6 is 64.8 Å². The molecule has 0 saturated carbocycles. The van der Waals surface area contributed by atoms with E-state index in [2.05, 4.69) is 117 Å². The van der Waals surface area contributed by atoms with Crippen molar-refractivity contribution in [3.05, 3.63) is 0 Å². The summed E-state index contributed by atoms with van der Waals surface area (Å²) in [6, 6.07) is -22.3. The van der Waals surface area contributed by atoms with E-state index in [0.717, 1.165) is 64.8 Å². The van der Waals surface area contributed by atoms with E-state index in [4.69, 9.17) is 44.6 Å². The van der Waals surface area contributed by atoms with Crippen molar-refractivity contribution >= 4 is 195 Å². The van der Waals surface area contributed by atoms with Gasteiger partial charge in [-0.1, -0.05) is 146 Å². The molecule has 0 radical (unpaired) electrons. The van der Waals surface area contributed by atoms with Gasteiger partial charge in [-0.3, -0.25) is 108 Å². The van der Waals surface area contributed by atoms with Gasteiger partial charge in [0, 0.05) is 60.7 Å². The molecule has 18 unspecified atom stereocenters. The minimum Gasteiger partial charge on any atom is -0.370 e. The Morgan fingerprint density at radius 1 is 0.273 bits per heavy atom. The Balaban J connectivity index is 2.11. The number of carbonyl (C=O) groups excluding carboxylic acids is 18. The van der Waals surface area contributed by atoms with Gasteiger partial charge in [0.2, 0.25) is 106 Å². The monoisotopic (exact) mass is 1920 g/mol. The molecule has 18 atom stereocenters. The molecule has 48 nitrogen and oxygen atoms in total. The van der Waals surface area contributed by atoms with Crippen molar-refractivity contribution in [2.24, 2.45) is 46.6 Å². The molecule has 0 aromatic rings. The van der Waals surface area contributed by atoms with Crippen LogP contribution in [0.1, 0.15) is 132 Å². The number of hydrogen-bond donors (Lipinski definition) is 30. The summed E-state index contributed by atoms with van der Waals surface area (Å²) in [5.41, 5.74) is 22.3. The van der Waals surface area contributed by atoms with E-state index in [1.54, 1.807) is 55.4 Å². The number of guanidine groups is 4. The molecule has 54 heteroatoms. The van der Waals surface area contributed by atoms with Gasteiger partial charge in [0.25, 0.3) is 0 Å². The average molecular weight is 1920 g/mol. The molecule has 128 heavy (non-hydrogen) atoms. The predicted molar refractivity (Wildman–Crippen MR) is 488 cm³/mol. The second kappa shape index (κ2) is 58.2. The van der Waals surface area contributed by atoms with Crippen molar-refractivity contribution in [2.45, 2.75) is 217 Å². The molecule has 0 spiro atoms. The minimum absolute atomic E-state index is 0.0384. The molecular formula is C74H128N30O18S6. The van der Waals surface area contributed by atoms with Gasteiger partial charge in [0.15, 0.2) is 23.8 Å². The van der Waals surface area contributed by atoms with Crippen LogP contribution in [0.5, 0.6) is 0 Å². The van der Waals surface area contributed by atoms with Gasteiger partial charge < -0.3 is 140 Å². The summed E-state index contributed by atoms with van der Waals surface area (Å²) in [5.74, 6) is -25.0. The van der Waals surface area contributed by atoms with Crippen molar-refractivity contribution in [3.8, 4) is 0 Å². The molecule has 6 bridgehead atoms. The van der Waals surface area contributed by atoms with Crippen LogP contribution in [0.4, 0.5) is 0 Å².